The molecule has 1 N–H and O–H groups in total. The molecule has 1 saturated heterocycles. The molecule has 1 aromatic carbocycles. The van der Waals surface area contributed by atoms with Crippen LogP contribution >= 0.6 is 0 Å². The van der Waals surface area contributed by atoms with Gasteiger partial charge in [-0.05, 0) is 57.1 Å². The van der Waals surface area contributed by atoms with Crippen LogP contribution in [0.5, 0.6) is 0 Å². The van der Waals surface area contributed by atoms with Crippen molar-refractivity contribution in [1.29, 1.82) is 0 Å². The van der Waals surface area contributed by atoms with Gasteiger partial charge >= 0.3 is 0 Å². The minimum atomic E-state index is -3.34. The fourth-order valence-electron chi connectivity index (χ4n) is 2.53. The van der Waals surface area contributed by atoms with Gasteiger partial charge in [-0.25, -0.2) is 12.7 Å². The van der Waals surface area contributed by atoms with Gasteiger partial charge in [0.05, 0.1) is 4.90 Å². The molecule has 0 aliphatic carbocycles. The Bertz CT molecular complexity index is 549. The summed E-state index contributed by atoms with van der Waals surface area (Å²) < 4.78 is 25.2. The van der Waals surface area contributed by atoms with Gasteiger partial charge in [0.15, 0.2) is 0 Å². The third-order valence-electron chi connectivity index (χ3n) is 4.00. The maximum absolute atomic E-state index is 12.0. The molecule has 0 bridgehead atoms. The molecule has 0 aromatic heterocycles. The van der Waals surface area contributed by atoms with Crippen LogP contribution in [0.4, 0.5) is 5.69 Å². The predicted octanol–water partition coefficient (Wildman–Crippen LogP) is 1.83. The smallest absolute Gasteiger partial charge is 0.242 e. The first-order valence-corrected chi connectivity index (χ1v) is 8.86. The number of nitrogens with one attached hydrogen (secondary N) is 1. The van der Waals surface area contributed by atoms with E-state index in [1.165, 1.54) is 30.2 Å². The van der Waals surface area contributed by atoms with Crippen LogP contribution in [0.2, 0.25) is 0 Å². The second-order valence-corrected chi connectivity index (χ2v) is 7.94. The lowest BCUT2D eigenvalue weighted by atomic mass is 10.2. The second-order valence-electron chi connectivity index (χ2n) is 5.78. The largest absolute Gasteiger partial charge is 0.383 e. The van der Waals surface area contributed by atoms with E-state index >= 15 is 0 Å². The summed E-state index contributed by atoms with van der Waals surface area (Å²) in [5, 5.41) is 3.38. The molecular weight excluding hydrogens is 286 g/mol. The zero-order valence-electron chi connectivity index (χ0n) is 13.0. The van der Waals surface area contributed by atoms with Gasteiger partial charge in [-0.3, -0.25) is 4.90 Å². The maximum Gasteiger partial charge on any atom is 0.242 e. The number of hydrogen-bond donors (Lipinski definition) is 1. The molecule has 21 heavy (non-hydrogen) atoms. The van der Waals surface area contributed by atoms with E-state index in [4.69, 9.17) is 0 Å². The van der Waals surface area contributed by atoms with E-state index in [1.807, 2.05) is 12.1 Å². The van der Waals surface area contributed by atoms with Crippen LogP contribution in [-0.4, -0.2) is 57.4 Å². The van der Waals surface area contributed by atoms with Crippen molar-refractivity contribution in [2.45, 2.75) is 30.7 Å². The molecule has 1 unspecified atom stereocenters. The number of hydrogen-bond acceptors (Lipinski definition) is 4. The Balaban J connectivity index is 1.93. The summed E-state index contributed by atoms with van der Waals surface area (Å²) in [5.41, 5.74) is 0.957. The zero-order valence-corrected chi connectivity index (χ0v) is 13.9. The first-order valence-electron chi connectivity index (χ1n) is 7.42. The number of anilines is 1. The molecule has 0 amide bonds. The normalized spacial score (nSPS) is 18.1. The van der Waals surface area contributed by atoms with Gasteiger partial charge in [0.25, 0.3) is 0 Å². The Hall–Kier alpha value is -1.11. The van der Waals surface area contributed by atoms with Crippen LogP contribution < -0.4 is 5.32 Å². The van der Waals surface area contributed by atoms with Crippen molar-refractivity contribution >= 4 is 15.7 Å². The molecule has 2 rings (SSSR count). The average molecular weight is 311 g/mol. The Kier molecular flexibility index (Phi) is 5.24. The predicted molar refractivity (Wildman–Crippen MR) is 86.1 cm³/mol. The topological polar surface area (TPSA) is 52.7 Å². The van der Waals surface area contributed by atoms with Gasteiger partial charge in [-0.15, -0.1) is 0 Å². The van der Waals surface area contributed by atoms with Gasteiger partial charge in [-0.1, -0.05) is 0 Å². The van der Waals surface area contributed by atoms with E-state index in [-0.39, 0.29) is 0 Å². The molecule has 118 valence electrons. The van der Waals surface area contributed by atoms with E-state index in [2.05, 4.69) is 17.1 Å². The highest BCUT2D eigenvalue weighted by Gasteiger charge is 2.18. The number of rotatable bonds is 6. The van der Waals surface area contributed by atoms with Gasteiger partial charge in [0, 0.05) is 32.4 Å². The zero-order chi connectivity index (χ0) is 15.5. The molecule has 5 nitrogen and oxygen atoms in total. The lowest BCUT2D eigenvalue weighted by Crippen LogP contribution is -2.35. The molecule has 1 aliphatic rings. The molecule has 1 atom stereocenters. The molecule has 0 radical (unpaired) electrons. The van der Waals surface area contributed by atoms with Crippen LogP contribution in [0.1, 0.15) is 19.8 Å². The highest BCUT2D eigenvalue weighted by atomic mass is 32.2. The van der Waals surface area contributed by atoms with Gasteiger partial charge in [-0.2, -0.15) is 0 Å². The maximum atomic E-state index is 12.0. The standard InChI is InChI=1S/C15H25N3O2S/c1-13(18-10-4-5-11-18)12-16-14-6-8-15(9-7-14)21(19,20)17(2)3/h6-9,13,16H,4-5,10-12H2,1-3H3. The molecule has 0 spiro atoms. The number of likely N-dealkylation sites (tertiary alicyclic amines) is 1. The molecule has 1 aromatic rings. The molecule has 1 heterocycles. The fraction of sp³-hybridized carbons (Fsp3) is 0.600. The summed E-state index contributed by atoms with van der Waals surface area (Å²) in [6, 6.07) is 7.45. The summed E-state index contributed by atoms with van der Waals surface area (Å²) in [7, 11) is -0.259. The molecule has 0 saturated carbocycles. The van der Waals surface area contributed by atoms with E-state index in [0.717, 1.165) is 12.2 Å². The Morgan fingerprint density at radius 3 is 2.29 bits per heavy atom. The second kappa shape index (κ2) is 6.77. The van der Waals surface area contributed by atoms with Crippen molar-refractivity contribution in [1.82, 2.24) is 9.21 Å². The lowest BCUT2D eigenvalue weighted by molar-refractivity contribution is 0.269. The van der Waals surface area contributed by atoms with Crippen LogP contribution in [0.3, 0.4) is 0 Å². The Labute approximate surface area is 128 Å². The van der Waals surface area contributed by atoms with E-state index in [0.29, 0.717) is 10.9 Å². The van der Waals surface area contributed by atoms with Gasteiger partial charge in [0.2, 0.25) is 10.0 Å². The van der Waals surface area contributed by atoms with Crippen LogP contribution in [0, 0.1) is 0 Å². The third-order valence-corrected chi connectivity index (χ3v) is 5.83. The summed E-state index contributed by atoms with van der Waals surface area (Å²) in [6.07, 6.45) is 2.59. The average Bonchev–Trinajstić information content (AvgIpc) is 2.99. The minimum Gasteiger partial charge on any atom is -0.383 e. The molecule has 6 heteroatoms. The Morgan fingerprint density at radius 1 is 1.19 bits per heavy atom. The SMILES string of the molecule is CC(CNc1ccc(S(=O)(=O)N(C)C)cc1)N1CCCC1. The van der Waals surface area contributed by atoms with Crippen LogP contribution in [0.15, 0.2) is 29.2 Å². The van der Waals surface area contributed by atoms with E-state index < -0.39 is 10.0 Å². The highest BCUT2D eigenvalue weighted by molar-refractivity contribution is 7.89. The quantitative estimate of drug-likeness (QED) is 0.871. The summed E-state index contributed by atoms with van der Waals surface area (Å²) in [4.78, 5) is 2.81. The molecular formula is C15H25N3O2S. The first-order chi connectivity index (χ1) is 9.91. The summed E-state index contributed by atoms with van der Waals surface area (Å²) in [6.45, 7) is 5.47. The van der Waals surface area contributed by atoms with Crippen LogP contribution in [0.25, 0.3) is 0 Å². The van der Waals surface area contributed by atoms with Gasteiger partial charge < -0.3 is 5.32 Å². The van der Waals surface area contributed by atoms with Crippen LogP contribution in [-0.2, 0) is 10.0 Å². The molecule has 1 fully saturated rings. The number of nitrogens with zero attached hydrogens (tertiary/aromatic N) is 2. The first kappa shape index (κ1) is 16.3. The monoisotopic (exact) mass is 311 g/mol. The highest BCUT2D eigenvalue weighted by Crippen LogP contribution is 2.17. The summed E-state index contributed by atoms with van der Waals surface area (Å²) in [5.74, 6) is 0. The van der Waals surface area contributed by atoms with E-state index in [1.54, 1.807) is 26.2 Å². The van der Waals surface area contributed by atoms with Crippen molar-refractivity contribution in [3.8, 4) is 0 Å². The molecule has 1 aliphatic heterocycles. The Morgan fingerprint density at radius 2 is 1.76 bits per heavy atom. The fourth-order valence-corrected chi connectivity index (χ4v) is 3.43. The van der Waals surface area contributed by atoms with Crippen molar-refractivity contribution in [2.75, 3.05) is 39.0 Å². The number of benzene rings is 1. The van der Waals surface area contributed by atoms with Crippen molar-refractivity contribution < 1.29 is 8.42 Å². The third kappa shape index (κ3) is 3.96. The van der Waals surface area contributed by atoms with Gasteiger partial charge in [0.1, 0.15) is 0 Å². The lowest BCUT2D eigenvalue weighted by Gasteiger charge is -2.24. The van der Waals surface area contributed by atoms with Crippen molar-refractivity contribution in [3.63, 3.8) is 0 Å². The summed E-state index contributed by atoms with van der Waals surface area (Å²) >= 11 is 0. The van der Waals surface area contributed by atoms with Crippen molar-refractivity contribution in [2.24, 2.45) is 0 Å². The van der Waals surface area contributed by atoms with Crippen molar-refractivity contribution in [3.05, 3.63) is 24.3 Å². The minimum absolute atomic E-state index is 0.325. The van der Waals surface area contributed by atoms with E-state index in [9.17, 15) is 8.42 Å². The number of sulfonamides is 1.